The third kappa shape index (κ3) is 2.78. The van der Waals surface area contributed by atoms with E-state index in [1.807, 2.05) is 19.0 Å². The Kier molecular flexibility index (Phi) is 4.03. The number of amidine groups is 1. The minimum absolute atomic E-state index is 0.111. The lowest BCUT2D eigenvalue weighted by molar-refractivity contribution is -0.127. The van der Waals surface area contributed by atoms with Crippen molar-refractivity contribution < 1.29 is 4.79 Å². The van der Waals surface area contributed by atoms with Crippen molar-refractivity contribution in [2.75, 3.05) is 40.3 Å². The van der Waals surface area contributed by atoms with E-state index in [0.29, 0.717) is 32.6 Å². The molecule has 0 spiro atoms. The van der Waals surface area contributed by atoms with Gasteiger partial charge in [0.1, 0.15) is 5.84 Å². The van der Waals surface area contributed by atoms with Gasteiger partial charge in [0.2, 0.25) is 5.91 Å². The Balaban J connectivity index is 2.51. The molecule has 0 radical (unpaired) electrons. The molecule has 0 aromatic carbocycles. The number of carbonyl (C=O) groups excluding carboxylic acids is 1. The number of hydrogen-bond donors (Lipinski definition) is 1. The number of nitrogens with zero attached hydrogens (tertiary/aromatic N) is 3. The highest BCUT2D eigenvalue weighted by atomic mass is 16.2. The van der Waals surface area contributed by atoms with Crippen LogP contribution in [0.1, 0.15) is 6.42 Å². The van der Waals surface area contributed by atoms with Gasteiger partial charge in [0.05, 0.1) is 13.1 Å². The van der Waals surface area contributed by atoms with Crippen molar-refractivity contribution in [3.63, 3.8) is 0 Å². The van der Waals surface area contributed by atoms with E-state index in [1.165, 1.54) is 0 Å². The summed E-state index contributed by atoms with van der Waals surface area (Å²) >= 11 is 0. The molecule has 1 rings (SSSR count). The van der Waals surface area contributed by atoms with Gasteiger partial charge in [0.25, 0.3) is 0 Å². The van der Waals surface area contributed by atoms with Crippen LogP contribution in [0, 0.1) is 0 Å². The molecule has 2 N–H and O–H groups in total. The van der Waals surface area contributed by atoms with E-state index in [-0.39, 0.29) is 5.91 Å². The van der Waals surface area contributed by atoms with Gasteiger partial charge in [-0.3, -0.25) is 14.7 Å². The van der Waals surface area contributed by atoms with Crippen molar-refractivity contribution in [3.8, 4) is 0 Å². The molecule has 80 valence electrons. The first-order valence-electron chi connectivity index (χ1n) is 4.83. The van der Waals surface area contributed by atoms with Crippen LogP contribution < -0.4 is 5.73 Å². The lowest BCUT2D eigenvalue weighted by Gasteiger charge is -2.20. The number of hydrogen-bond acceptors (Lipinski definition) is 4. The summed E-state index contributed by atoms with van der Waals surface area (Å²) in [5.41, 5.74) is 5.44. The maximum absolute atomic E-state index is 11.7. The molecule has 1 heterocycles. The van der Waals surface area contributed by atoms with E-state index in [2.05, 4.69) is 4.99 Å². The maximum Gasteiger partial charge on any atom is 0.242 e. The molecule has 0 saturated carbocycles. The minimum atomic E-state index is 0.111. The summed E-state index contributed by atoms with van der Waals surface area (Å²) in [6.45, 7) is 2.41. The van der Waals surface area contributed by atoms with E-state index in [4.69, 9.17) is 5.73 Å². The Morgan fingerprint density at radius 1 is 1.64 bits per heavy atom. The van der Waals surface area contributed by atoms with Crippen LogP contribution in [-0.2, 0) is 4.79 Å². The Labute approximate surface area is 84.6 Å². The predicted octanol–water partition coefficient (Wildman–Crippen LogP) is -0.862. The fourth-order valence-electron chi connectivity index (χ4n) is 1.46. The summed E-state index contributed by atoms with van der Waals surface area (Å²) in [5.74, 6) is 0.957. The molecule has 0 unspecified atom stereocenters. The maximum atomic E-state index is 11.7. The zero-order valence-electron chi connectivity index (χ0n) is 8.86. The second kappa shape index (κ2) is 5.07. The number of aliphatic imine (C=N–C) groups is 1. The molecule has 0 aromatic rings. The highest BCUT2D eigenvalue weighted by Gasteiger charge is 2.22. The smallest absolute Gasteiger partial charge is 0.242 e. The number of nitrogens with two attached hydrogens (primary N) is 1. The van der Waals surface area contributed by atoms with Gasteiger partial charge in [0.15, 0.2) is 0 Å². The zero-order valence-corrected chi connectivity index (χ0v) is 8.86. The van der Waals surface area contributed by atoms with Crippen molar-refractivity contribution in [2.45, 2.75) is 6.42 Å². The molecule has 1 aliphatic heterocycles. The lowest BCUT2D eigenvalue weighted by Crippen LogP contribution is -2.40. The van der Waals surface area contributed by atoms with Gasteiger partial charge in [-0.1, -0.05) is 0 Å². The minimum Gasteiger partial charge on any atom is -0.330 e. The third-order valence-electron chi connectivity index (χ3n) is 2.05. The lowest BCUT2D eigenvalue weighted by atomic mass is 10.3. The van der Waals surface area contributed by atoms with Gasteiger partial charge in [-0.05, 0) is 20.6 Å². The Morgan fingerprint density at radius 2 is 2.36 bits per heavy atom. The second-order valence-corrected chi connectivity index (χ2v) is 3.62. The van der Waals surface area contributed by atoms with Crippen LogP contribution in [0.25, 0.3) is 0 Å². The van der Waals surface area contributed by atoms with Crippen molar-refractivity contribution in [3.05, 3.63) is 0 Å². The van der Waals surface area contributed by atoms with Crippen molar-refractivity contribution in [1.82, 2.24) is 9.80 Å². The van der Waals surface area contributed by atoms with E-state index in [9.17, 15) is 4.79 Å². The van der Waals surface area contributed by atoms with E-state index in [0.717, 1.165) is 5.84 Å². The van der Waals surface area contributed by atoms with E-state index < -0.39 is 0 Å². The monoisotopic (exact) mass is 198 g/mol. The van der Waals surface area contributed by atoms with Gasteiger partial charge in [0, 0.05) is 13.0 Å². The molecule has 0 atom stereocenters. The first kappa shape index (κ1) is 11.1. The van der Waals surface area contributed by atoms with Crippen LogP contribution in [0.15, 0.2) is 4.99 Å². The van der Waals surface area contributed by atoms with Crippen LogP contribution >= 0.6 is 0 Å². The number of carbonyl (C=O) groups is 1. The Hall–Kier alpha value is -0.940. The van der Waals surface area contributed by atoms with Gasteiger partial charge in [-0.15, -0.1) is 0 Å². The number of rotatable bonds is 4. The summed E-state index contributed by atoms with van der Waals surface area (Å²) in [7, 11) is 3.77. The molecule has 0 saturated heterocycles. The quantitative estimate of drug-likeness (QED) is 0.639. The first-order valence-corrected chi connectivity index (χ1v) is 4.83. The van der Waals surface area contributed by atoms with E-state index in [1.54, 1.807) is 4.90 Å². The Bertz CT molecular complexity index is 237. The molecule has 5 nitrogen and oxygen atoms in total. The van der Waals surface area contributed by atoms with Gasteiger partial charge >= 0.3 is 0 Å². The third-order valence-corrected chi connectivity index (χ3v) is 2.05. The molecular formula is C9H18N4O. The summed E-state index contributed by atoms with van der Waals surface area (Å²) < 4.78 is 0. The molecular weight excluding hydrogens is 180 g/mol. The van der Waals surface area contributed by atoms with Gasteiger partial charge < -0.3 is 10.6 Å². The summed E-state index contributed by atoms with van der Waals surface area (Å²) in [6, 6.07) is 0. The standard InChI is InChI=1S/C9H18N4O/c1-12(2)7-9(14)13-6-5-11-8(13)3-4-10/h3-7,10H2,1-2H3. The number of likely N-dealkylation sites (N-methyl/N-ethyl adjacent to an activating group) is 1. The molecule has 5 heteroatoms. The molecule has 1 aliphatic rings. The second-order valence-electron chi connectivity index (χ2n) is 3.62. The highest BCUT2D eigenvalue weighted by Crippen LogP contribution is 2.05. The molecule has 0 aliphatic carbocycles. The van der Waals surface area contributed by atoms with Crippen molar-refractivity contribution in [2.24, 2.45) is 10.7 Å². The summed E-state index contributed by atoms with van der Waals surface area (Å²) in [6.07, 6.45) is 0.694. The zero-order chi connectivity index (χ0) is 10.6. The van der Waals surface area contributed by atoms with Crippen LogP contribution in [0.5, 0.6) is 0 Å². The number of amides is 1. The summed E-state index contributed by atoms with van der Waals surface area (Å²) in [5, 5.41) is 0. The Morgan fingerprint density at radius 3 is 2.93 bits per heavy atom. The van der Waals surface area contributed by atoms with Crippen LogP contribution in [0.3, 0.4) is 0 Å². The van der Waals surface area contributed by atoms with E-state index >= 15 is 0 Å². The average Bonchev–Trinajstić information content (AvgIpc) is 2.51. The van der Waals surface area contributed by atoms with Gasteiger partial charge in [-0.2, -0.15) is 0 Å². The molecule has 0 bridgehead atoms. The molecule has 0 fully saturated rings. The van der Waals surface area contributed by atoms with Crippen molar-refractivity contribution >= 4 is 11.7 Å². The fraction of sp³-hybridized carbons (Fsp3) is 0.778. The largest absolute Gasteiger partial charge is 0.330 e. The van der Waals surface area contributed by atoms with Gasteiger partial charge in [-0.25, -0.2) is 0 Å². The topological polar surface area (TPSA) is 61.9 Å². The van der Waals surface area contributed by atoms with Crippen LogP contribution in [0.4, 0.5) is 0 Å². The highest BCUT2D eigenvalue weighted by molar-refractivity contribution is 6.00. The van der Waals surface area contributed by atoms with Crippen molar-refractivity contribution in [1.29, 1.82) is 0 Å². The van der Waals surface area contributed by atoms with Crippen LogP contribution in [0.2, 0.25) is 0 Å². The average molecular weight is 198 g/mol. The van der Waals surface area contributed by atoms with Crippen LogP contribution in [-0.4, -0.2) is 61.8 Å². The molecule has 1 amide bonds. The predicted molar refractivity (Wildman–Crippen MR) is 56.2 cm³/mol. The molecule has 0 aromatic heterocycles. The fourth-order valence-corrected chi connectivity index (χ4v) is 1.46. The normalized spacial score (nSPS) is 16.3. The summed E-state index contributed by atoms with van der Waals surface area (Å²) in [4.78, 5) is 19.6. The SMILES string of the molecule is CN(C)CC(=O)N1CCN=C1CCN. The first-order chi connectivity index (χ1) is 6.65. The molecule has 14 heavy (non-hydrogen) atoms.